The van der Waals surface area contributed by atoms with E-state index >= 15 is 0 Å². The van der Waals surface area contributed by atoms with Gasteiger partial charge in [0.25, 0.3) is 0 Å². The normalized spacial score (nSPS) is 19.9. The highest BCUT2D eigenvalue weighted by atomic mass is 16.2. The van der Waals surface area contributed by atoms with Crippen molar-refractivity contribution in [3.63, 3.8) is 0 Å². The van der Waals surface area contributed by atoms with Gasteiger partial charge >= 0.3 is 0 Å². The average molecular weight is 299 g/mol. The molecule has 116 valence electrons. The number of likely N-dealkylation sites (tertiary alicyclic amines) is 1. The van der Waals surface area contributed by atoms with Gasteiger partial charge in [-0.1, -0.05) is 30.3 Å². The first-order chi connectivity index (χ1) is 10.7. The van der Waals surface area contributed by atoms with Crippen molar-refractivity contribution >= 4 is 5.91 Å². The van der Waals surface area contributed by atoms with E-state index in [1.807, 2.05) is 39.9 Å². The molecule has 1 saturated heterocycles. The molecule has 6 heteroatoms. The smallest absolute Gasteiger partial charge is 0.244 e. The Kier molecular flexibility index (Phi) is 4.48. The zero-order chi connectivity index (χ0) is 15.4. The molecule has 1 aromatic carbocycles. The molecule has 2 unspecified atom stereocenters. The summed E-state index contributed by atoms with van der Waals surface area (Å²) in [4.78, 5) is 18.5. The number of benzene rings is 1. The average Bonchev–Trinajstić information content (AvgIpc) is 3.07. The Morgan fingerprint density at radius 3 is 2.91 bits per heavy atom. The van der Waals surface area contributed by atoms with Crippen molar-refractivity contribution < 1.29 is 4.79 Å². The van der Waals surface area contributed by atoms with Crippen LogP contribution in [0.25, 0.3) is 0 Å². The number of hydrogen-bond donors (Lipinski definition) is 1. The van der Waals surface area contributed by atoms with Crippen molar-refractivity contribution in [1.82, 2.24) is 19.7 Å². The molecule has 2 N–H and O–H groups in total. The summed E-state index contributed by atoms with van der Waals surface area (Å²) in [6, 6.07) is 8.97. The summed E-state index contributed by atoms with van der Waals surface area (Å²) in [7, 11) is 0. The fraction of sp³-hybridized carbons (Fsp3) is 0.438. The molecule has 3 rings (SSSR count). The molecule has 0 saturated carbocycles. The lowest BCUT2D eigenvalue weighted by atomic mass is 9.96. The second kappa shape index (κ2) is 6.70. The topological polar surface area (TPSA) is 77.0 Å². The molecule has 0 spiro atoms. The van der Waals surface area contributed by atoms with Crippen LogP contribution in [0.15, 0.2) is 43.0 Å². The van der Waals surface area contributed by atoms with Crippen LogP contribution in [0.4, 0.5) is 0 Å². The fourth-order valence-electron chi connectivity index (χ4n) is 3.01. The van der Waals surface area contributed by atoms with Crippen LogP contribution in [0, 0.1) is 5.92 Å². The van der Waals surface area contributed by atoms with Crippen LogP contribution in [-0.2, 0) is 11.3 Å². The monoisotopic (exact) mass is 299 g/mol. The Morgan fingerprint density at radius 1 is 1.36 bits per heavy atom. The Morgan fingerprint density at radius 2 is 2.18 bits per heavy atom. The van der Waals surface area contributed by atoms with Crippen LogP contribution in [0.2, 0.25) is 0 Å². The summed E-state index contributed by atoms with van der Waals surface area (Å²) in [5.74, 6) is 0.414. The van der Waals surface area contributed by atoms with Gasteiger partial charge in [0.05, 0.1) is 0 Å². The van der Waals surface area contributed by atoms with E-state index in [0.717, 1.165) is 38.0 Å². The van der Waals surface area contributed by atoms with Crippen LogP contribution in [0.5, 0.6) is 0 Å². The second-order valence-corrected chi connectivity index (χ2v) is 5.80. The van der Waals surface area contributed by atoms with Gasteiger partial charge in [0.1, 0.15) is 18.7 Å². The number of nitrogens with two attached hydrogens (primary N) is 1. The van der Waals surface area contributed by atoms with Gasteiger partial charge in [-0.05, 0) is 24.3 Å². The first-order valence-corrected chi connectivity index (χ1v) is 7.66. The summed E-state index contributed by atoms with van der Waals surface area (Å²) in [5, 5.41) is 4.14. The first kappa shape index (κ1) is 14.7. The van der Waals surface area contributed by atoms with E-state index in [-0.39, 0.29) is 5.91 Å². The molecule has 6 nitrogen and oxygen atoms in total. The maximum absolute atomic E-state index is 12.6. The van der Waals surface area contributed by atoms with Crippen molar-refractivity contribution in [2.75, 3.05) is 13.1 Å². The van der Waals surface area contributed by atoms with E-state index < -0.39 is 6.04 Å². The van der Waals surface area contributed by atoms with Crippen LogP contribution in [-0.4, -0.2) is 38.7 Å². The molecule has 1 aliphatic rings. The predicted molar refractivity (Wildman–Crippen MR) is 82.7 cm³/mol. The highest BCUT2D eigenvalue weighted by Gasteiger charge is 2.28. The molecule has 2 atom stereocenters. The lowest BCUT2D eigenvalue weighted by Gasteiger charge is -2.34. The third-order valence-electron chi connectivity index (χ3n) is 4.17. The van der Waals surface area contributed by atoms with Gasteiger partial charge in [0.2, 0.25) is 5.91 Å². The Bertz CT molecular complexity index is 598. The Balaban J connectivity index is 1.62. The fourth-order valence-corrected chi connectivity index (χ4v) is 3.01. The van der Waals surface area contributed by atoms with Crippen molar-refractivity contribution in [2.45, 2.75) is 25.4 Å². The molecule has 1 aromatic heterocycles. The zero-order valence-electron chi connectivity index (χ0n) is 12.5. The van der Waals surface area contributed by atoms with E-state index in [9.17, 15) is 4.79 Å². The van der Waals surface area contributed by atoms with Crippen molar-refractivity contribution in [1.29, 1.82) is 0 Å². The van der Waals surface area contributed by atoms with Gasteiger partial charge in [-0.3, -0.25) is 9.48 Å². The van der Waals surface area contributed by atoms with E-state index in [1.165, 1.54) is 6.33 Å². The predicted octanol–water partition coefficient (Wildman–Crippen LogP) is 1.22. The summed E-state index contributed by atoms with van der Waals surface area (Å²) in [6.45, 7) is 2.32. The largest absolute Gasteiger partial charge is 0.341 e. The van der Waals surface area contributed by atoms with Crippen molar-refractivity contribution in [2.24, 2.45) is 11.7 Å². The van der Waals surface area contributed by atoms with Gasteiger partial charge in [-0.25, -0.2) is 4.98 Å². The van der Waals surface area contributed by atoms with Gasteiger partial charge in [0.15, 0.2) is 0 Å². The van der Waals surface area contributed by atoms with E-state index in [2.05, 4.69) is 10.1 Å². The Labute approximate surface area is 129 Å². The van der Waals surface area contributed by atoms with E-state index in [1.54, 1.807) is 6.33 Å². The van der Waals surface area contributed by atoms with Crippen molar-refractivity contribution in [3.8, 4) is 0 Å². The number of carbonyl (C=O) groups excluding carboxylic acids is 1. The highest BCUT2D eigenvalue weighted by Crippen LogP contribution is 2.21. The molecule has 2 heterocycles. The summed E-state index contributed by atoms with van der Waals surface area (Å²) in [5.41, 5.74) is 7.00. The Hall–Kier alpha value is -2.21. The number of rotatable bonds is 4. The maximum Gasteiger partial charge on any atom is 0.244 e. The first-order valence-electron chi connectivity index (χ1n) is 7.66. The SMILES string of the molecule is NC(C(=O)N1CCCC(Cn2cncn2)C1)c1ccccc1. The molecule has 2 aromatic rings. The third kappa shape index (κ3) is 3.33. The van der Waals surface area contributed by atoms with Gasteiger partial charge in [-0.15, -0.1) is 0 Å². The maximum atomic E-state index is 12.6. The van der Waals surface area contributed by atoms with Gasteiger partial charge < -0.3 is 10.6 Å². The third-order valence-corrected chi connectivity index (χ3v) is 4.17. The molecule has 1 aliphatic heterocycles. The minimum Gasteiger partial charge on any atom is -0.341 e. The number of hydrogen-bond acceptors (Lipinski definition) is 4. The zero-order valence-corrected chi connectivity index (χ0v) is 12.5. The quantitative estimate of drug-likeness (QED) is 0.921. The molecule has 0 bridgehead atoms. The minimum atomic E-state index is -0.577. The molecular formula is C16H21N5O. The van der Waals surface area contributed by atoms with E-state index in [0.29, 0.717) is 5.92 Å². The van der Waals surface area contributed by atoms with E-state index in [4.69, 9.17) is 5.73 Å². The minimum absolute atomic E-state index is 0.00879. The van der Waals surface area contributed by atoms with Crippen LogP contribution >= 0.6 is 0 Å². The van der Waals surface area contributed by atoms with Crippen LogP contribution < -0.4 is 5.73 Å². The molecule has 22 heavy (non-hydrogen) atoms. The number of amides is 1. The number of nitrogens with zero attached hydrogens (tertiary/aromatic N) is 4. The summed E-state index contributed by atoms with van der Waals surface area (Å²) in [6.07, 6.45) is 5.37. The molecule has 0 aliphatic carbocycles. The van der Waals surface area contributed by atoms with Crippen LogP contribution in [0.1, 0.15) is 24.4 Å². The van der Waals surface area contributed by atoms with Gasteiger partial charge in [0, 0.05) is 19.6 Å². The number of carbonyl (C=O) groups is 1. The number of aromatic nitrogens is 3. The summed E-state index contributed by atoms with van der Waals surface area (Å²) < 4.78 is 1.83. The second-order valence-electron chi connectivity index (χ2n) is 5.80. The standard InChI is InChI=1S/C16H21N5O/c17-15(14-6-2-1-3-7-14)16(22)20-8-4-5-13(9-20)10-21-12-18-11-19-21/h1-3,6-7,11-13,15H,4-5,8-10,17H2. The van der Waals surface area contributed by atoms with Crippen molar-refractivity contribution in [3.05, 3.63) is 48.5 Å². The van der Waals surface area contributed by atoms with Gasteiger partial charge in [-0.2, -0.15) is 5.10 Å². The molecule has 0 radical (unpaired) electrons. The van der Waals surface area contributed by atoms with Crippen LogP contribution in [0.3, 0.4) is 0 Å². The molecule has 1 fully saturated rings. The summed E-state index contributed by atoms with van der Waals surface area (Å²) >= 11 is 0. The highest BCUT2D eigenvalue weighted by molar-refractivity contribution is 5.83. The number of piperidine rings is 1. The molecular weight excluding hydrogens is 278 g/mol. The molecule has 1 amide bonds. The lowest BCUT2D eigenvalue weighted by molar-refractivity contribution is -0.134. The lowest BCUT2D eigenvalue weighted by Crippen LogP contribution is -2.45.